The summed E-state index contributed by atoms with van der Waals surface area (Å²) in [6, 6.07) is 5.77. The van der Waals surface area contributed by atoms with Crippen LogP contribution < -0.4 is 10.6 Å². The molecule has 6 nitrogen and oxygen atoms in total. The maximum atomic E-state index is 12.1. The number of ether oxygens (including phenoxy) is 1. The van der Waals surface area contributed by atoms with E-state index in [0.29, 0.717) is 12.8 Å². The summed E-state index contributed by atoms with van der Waals surface area (Å²) in [5, 5.41) is 15.0. The van der Waals surface area contributed by atoms with Gasteiger partial charge < -0.3 is 20.5 Å². The second-order valence-corrected chi connectivity index (χ2v) is 5.42. The Morgan fingerprint density at radius 3 is 2.86 bits per heavy atom. The zero-order chi connectivity index (χ0) is 14.8. The van der Waals surface area contributed by atoms with Gasteiger partial charge in [-0.15, -0.1) is 0 Å². The fourth-order valence-corrected chi connectivity index (χ4v) is 2.79. The fourth-order valence-electron chi connectivity index (χ4n) is 2.79. The van der Waals surface area contributed by atoms with Crippen LogP contribution in [0.2, 0.25) is 0 Å². The van der Waals surface area contributed by atoms with Gasteiger partial charge in [-0.1, -0.05) is 0 Å². The minimum Gasteiger partial charge on any atom is -0.479 e. The number of hydrogen-bond acceptors (Lipinski definition) is 4. The van der Waals surface area contributed by atoms with Crippen molar-refractivity contribution in [2.24, 2.45) is 0 Å². The molecular formula is C15H18N2O4. The summed E-state index contributed by atoms with van der Waals surface area (Å²) in [4.78, 5) is 22.9. The van der Waals surface area contributed by atoms with Crippen molar-refractivity contribution in [2.75, 3.05) is 17.2 Å². The number of rotatable bonds is 3. The van der Waals surface area contributed by atoms with Gasteiger partial charge in [-0.05, 0) is 49.4 Å². The predicted octanol–water partition coefficient (Wildman–Crippen LogP) is 1.62. The lowest BCUT2D eigenvalue weighted by Crippen LogP contribution is -2.30. The van der Waals surface area contributed by atoms with E-state index in [1.54, 1.807) is 0 Å². The minimum atomic E-state index is -1.01. The Morgan fingerprint density at radius 1 is 1.29 bits per heavy atom. The van der Waals surface area contributed by atoms with Gasteiger partial charge in [-0.3, -0.25) is 4.79 Å². The number of anilines is 2. The number of carbonyl (C=O) groups excluding carboxylic acids is 1. The summed E-state index contributed by atoms with van der Waals surface area (Å²) in [6.45, 7) is 0.977. The number of fused-ring (bicyclic) bond motifs is 1. The van der Waals surface area contributed by atoms with E-state index in [4.69, 9.17) is 9.84 Å². The van der Waals surface area contributed by atoms with E-state index in [1.807, 2.05) is 18.2 Å². The van der Waals surface area contributed by atoms with Crippen LogP contribution in [0.3, 0.4) is 0 Å². The van der Waals surface area contributed by atoms with E-state index in [9.17, 15) is 9.59 Å². The van der Waals surface area contributed by atoms with E-state index in [2.05, 4.69) is 10.6 Å². The van der Waals surface area contributed by atoms with Crippen molar-refractivity contribution >= 4 is 23.3 Å². The molecule has 2 atom stereocenters. The summed E-state index contributed by atoms with van der Waals surface area (Å²) < 4.78 is 5.25. The van der Waals surface area contributed by atoms with E-state index >= 15 is 0 Å². The van der Waals surface area contributed by atoms with Crippen LogP contribution in [0, 0.1) is 0 Å². The lowest BCUT2D eigenvalue weighted by atomic mass is 10.0. The summed E-state index contributed by atoms with van der Waals surface area (Å²) >= 11 is 0. The monoisotopic (exact) mass is 290 g/mol. The summed E-state index contributed by atoms with van der Waals surface area (Å²) in [6.07, 6.45) is 1.34. The lowest BCUT2D eigenvalue weighted by molar-refractivity contribution is -0.150. The van der Waals surface area contributed by atoms with Crippen LogP contribution in [-0.4, -0.2) is 35.7 Å². The molecule has 21 heavy (non-hydrogen) atoms. The lowest BCUT2D eigenvalue weighted by Gasteiger charge is -2.19. The van der Waals surface area contributed by atoms with Gasteiger partial charge in [-0.2, -0.15) is 0 Å². The van der Waals surface area contributed by atoms with Crippen LogP contribution >= 0.6 is 0 Å². The van der Waals surface area contributed by atoms with Crippen LogP contribution in [0.15, 0.2) is 18.2 Å². The van der Waals surface area contributed by atoms with Crippen LogP contribution in [-0.2, 0) is 20.7 Å². The molecule has 0 bridgehead atoms. The van der Waals surface area contributed by atoms with Gasteiger partial charge in [0.15, 0.2) is 6.10 Å². The maximum absolute atomic E-state index is 12.1. The molecule has 3 N–H and O–H groups in total. The van der Waals surface area contributed by atoms with Crippen LogP contribution in [0.5, 0.6) is 0 Å². The minimum absolute atomic E-state index is 0.275. The van der Waals surface area contributed by atoms with Gasteiger partial charge in [0.1, 0.15) is 6.10 Å². The molecule has 1 fully saturated rings. The molecule has 1 amide bonds. The smallest absolute Gasteiger partial charge is 0.332 e. The Kier molecular flexibility index (Phi) is 3.79. The molecule has 0 spiro atoms. The van der Waals surface area contributed by atoms with Crippen LogP contribution in [0.4, 0.5) is 11.4 Å². The zero-order valence-electron chi connectivity index (χ0n) is 11.6. The Labute approximate surface area is 122 Å². The largest absolute Gasteiger partial charge is 0.479 e. The molecule has 1 saturated heterocycles. The summed E-state index contributed by atoms with van der Waals surface area (Å²) in [7, 11) is 0. The first-order chi connectivity index (χ1) is 10.1. The van der Waals surface area contributed by atoms with E-state index in [-0.39, 0.29) is 5.91 Å². The predicted molar refractivity (Wildman–Crippen MR) is 77.4 cm³/mol. The number of nitrogens with one attached hydrogen (secondary N) is 2. The van der Waals surface area contributed by atoms with E-state index in [0.717, 1.165) is 30.8 Å². The molecule has 0 aliphatic carbocycles. The molecular weight excluding hydrogens is 272 g/mol. The molecule has 0 saturated carbocycles. The SMILES string of the molecule is O=C(O)[C@@H]1CC[C@H](C(=O)Nc2ccc3c(c2)CCCN3)O1. The molecule has 2 aliphatic heterocycles. The Morgan fingerprint density at radius 2 is 2.10 bits per heavy atom. The molecule has 3 rings (SSSR count). The highest BCUT2D eigenvalue weighted by atomic mass is 16.5. The number of hydrogen-bond donors (Lipinski definition) is 3. The quantitative estimate of drug-likeness (QED) is 0.787. The number of carbonyl (C=O) groups is 2. The number of amides is 1. The van der Waals surface area contributed by atoms with Crippen molar-refractivity contribution in [3.05, 3.63) is 23.8 Å². The second-order valence-electron chi connectivity index (χ2n) is 5.42. The van der Waals surface area contributed by atoms with Gasteiger partial charge in [0.05, 0.1) is 0 Å². The van der Waals surface area contributed by atoms with Crippen molar-refractivity contribution in [1.82, 2.24) is 0 Å². The fraction of sp³-hybridized carbons (Fsp3) is 0.467. The van der Waals surface area contributed by atoms with Crippen molar-refractivity contribution < 1.29 is 19.4 Å². The topological polar surface area (TPSA) is 87.7 Å². The third-order valence-corrected chi connectivity index (χ3v) is 3.90. The third-order valence-electron chi connectivity index (χ3n) is 3.90. The number of carboxylic acids is 1. The molecule has 0 radical (unpaired) electrons. The zero-order valence-corrected chi connectivity index (χ0v) is 11.6. The van der Waals surface area contributed by atoms with E-state index in [1.165, 1.54) is 5.56 Å². The first-order valence-electron chi connectivity index (χ1n) is 7.19. The normalized spacial score (nSPS) is 24.0. The van der Waals surface area contributed by atoms with Crippen LogP contribution in [0.25, 0.3) is 0 Å². The van der Waals surface area contributed by atoms with Gasteiger partial charge >= 0.3 is 5.97 Å². The molecule has 0 unspecified atom stereocenters. The molecule has 1 aromatic carbocycles. The van der Waals surface area contributed by atoms with Crippen molar-refractivity contribution in [3.8, 4) is 0 Å². The van der Waals surface area contributed by atoms with Gasteiger partial charge in [-0.25, -0.2) is 4.79 Å². The maximum Gasteiger partial charge on any atom is 0.332 e. The molecule has 1 aromatic rings. The summed E-state index contributed by atoms with van der Waals surface area (Å²) in [5.41, 5.74) is 3.03. The standard InChI is InChI=1S/C15H18N2O4/c18-14(12-5-6-13(21-12)15(19)20)17-10-3-4-11-9(8-10)2-1-7-16-11/h3-4,8,12-13,16H,1-2,5-7H2,(H,17,18)(H,19,20)/t12-,13+/m1/s1. The Hall–Kier alpha value is -2.08. The van der Waals surface area contributed by atoms with Crippen molar-refractivity contribution in [2.45, 2.75) is 37.9 Å². The first-order valence-corrected chi connectivity index (χ1v) is 7.19. The Balaban J connectivity index is 1.64. The number of carboxylic acid groups (broad SMARTS) is 1. The van der Waals surface area contributed by atoms with Crippen molar-refractivity contribution in [1.29, 1.82) is 0 Å². The molecule has 2 aliphatic rings. The molecule has 112 valence electrons. The number of benzene rings is 1. The van der Waals surface area contributed by atoms with Crippen molar-refractivity contribution in [3.63, 3.8) is 0 Å². The summed E-state index contributed by atoms with van der Waals surface area (Å²) in [5.74, 6) is -1.28. The molecule has 2 heterocycles. The van der Waals surface area contributed by atoms with E-state index < -0.39 is 18.2 Å². The van der Waals surface area contributed by atoms with Gasteiger partial charge in [0.25, 0.3) is 5.91 Å². The third kappa shape index (κ3) is 3.00. The number of aliphatic carboxylic acids is 1. The van der Waals surface area contributed by atoms with Crippen LogP contribution in [0.1, 0.15) is 24.8 Å². The van der Waals surface area contributed by atoms with Gasteiger partial charge in [0.2, 0.25) is 0 Å². The number of aryl methyl sites for hydroxylation is 1. The average Bonchev–Trinajstić information content (AvgIpc) is 2.97. The second kappa shape index (κ2) is 5.73. The average molecular weight is 290 g/mol. The first kappa shape index (κ1) is 13.9. The highest BCUT2D eigenvalue weighted by Gasteiger charge is 2.34. The molecule has 6 heteroatoms. The van der Waals surface area contributed by atoms with Gasteiger partial charge in [0, 0.05) is 17.9 Å². The highest BCUT2D eigenvalue weighted by molar-refractivity contribution is 5.95. The Bertz CT molecular complexity index is 573. The molecule has 0 aromatic heterocycles. The highest BCUT2D eigenvalue weighted by Crippen LogP contribution is 2.26.